The molecule has 0 aliphatic heterocycles. The maximum absolute atomic E-state index is 3.57. The fourth-order valence-corrected chi connectivity index (χ4v) is 2.53. The molecule has 0 radical (unpaired) electrons. The van der Waals surface area contributed by atoms with E-state index in [1.54, 1.807) is 5.57 Å². The molecule has 0 heterocycles. The minimum atomic E-state index is 0.862. The van der Waals surface area contributed by atoms with Gasteiger partial charge in [-0.1, -0.05) is 63.5 Å². The average Bonchev–Trinajstić information content (AvgIpc) is 3.22. The van der Waals surface area contributed by atoms with Gasteiger partial charge < -0.3 is 5.32 Å². The topological polar surface area (TPSA) is 12.0 Å². The van der Waals surface area contributed by atoms with E-state index in [1.807, 2.05) is 0 Å². The largest absolute Gasteiger partial charge is 0.314 e. The second-order valence-electron chi connectivity index (χ2n) is 6.29. The lowest BCUT2D eigenvalue weighted by molar-refractivity contribution is 0.574. The molecule has 0 atom stereocenters. The zero-order valence-corrected chi connectivity index (χ0v) is 13.3. The van der Waals surface area contributed by atoms with Gasteiger partial charge in [0.05, 0.1) is 0 Å². The van der Waals surface area contributed by atoms with Gasteiger partial charge in [0.25, 0.3) is 0 Å². The molecule has 1 saturated carbocycles. The summed E-state index contributed by atoms with van der Waals surface area (Å²) in [6.07, 6.45) is 19.2. The number of hydrogen-bond acceptors (Lipinski definition) is 1. The molecule has 0 amide bonds. The minimum absolute atomic E-state index is 0.862. The molecule has 1 N–H and O–H groups in total. The van der Waals surface area contributed by atoms with Crippen molar-refractivity contribution in [1.82, 2.24) is 5.32 Å². The Morgan fingerprint density at radius 2 is 1.63 bits per heavy atom. The molecule has 1 rings (SSSR count). The average molecular weight is 265 g/mol. The van der Waals surface area contributed by atoms with Crippen LogP contribution >= 0.6 is 0 Å². The lowest BCUT2D eigenvalue weighted by Crippen LogP contribution is -2.16. The highest BCUT2D eigenvalue weighted by molar-refractivity contribution is 4.98. The molecule has 0 bridgehead atoms. The van der Waals surface area contributed by atoms with Crippen molar-refractivity contribution < 1.29 is 0 Å². The first-order valence-electron chi connectivity index (χ1n) is 8.72. The quantitative estimate of drug-likeness (QED) is 0.337. The lowest BCUT2D eigenvalue weighted by atomic mass is 10.0. The number of allylic oxidation sites excluding steroid dienone is 1. The first-order chi connectivity index (χ1) is 9.33. The Labute approximate surface area is 121 Å². The van der Waals surface area contributed by atoms with Crippen LogP contribution < -0.4 is 5.32 Å². The highest BCUT2D eigenvalue weighted by atomic mass is 14.9. The van der Waals surface area contributed by atoms with Gasteiger partial charge in [-0.15, -0.1) is 0 Å². The smallest absolute Gasteiger partial charge is 0.00683 e. The van der Waals surface area contributed by atoms with Crippen LogP contribution in [0.1, 0.15) is 90.9 Å². The summed E-state index contributed by atoms with van der Waals surface area (Å²) < 4.78 is 0. The van der Waals surface area contributed by atoms with E-state index in [0.717, 1.165) is 6.04 Å². The van der Waals surface area contributed by atoms with Crippen LogP contribution in [-0.4, -0.2) is 12.6 Å². The molecule has 112 valence electrons. The number of unbranched alkanes of at least 4 members (excludes halogenated alkanes) is 7. The Morgan fingerprint density at radius 3 is 2.26 bits per heavy atom. The van der Waals surface area contributed by atoms with Gasteiger partial charge in [0.1, 0.15) is 0 Å². The summed E-state index contributed by atoms with van der Waals surface area (Å²) in [7, 11) is 0. The zero-order valence-electron chi connectivity index (χ0n) is 13.3. The lowest BCUT2D eigenvalue weighted by Gasteiger charge is -2.03. The van der Waals surface area contributed by atoms with Crippen molar-refractivity contribution in [1.29, 1.82) is 0 Å². The Bertz CT molecular complexity index is 228. The number of nitrogens with one attached hydrogen (secondary N) is 1. The van der Waals surface area contributed by atoms with E-state index in [2.05, 4.69) is 25.2 Å². The molecule has 0 aromatic rings. The van der Waals surface area contributed by atoms with Crippen molar-refractivity contribution in [2.45, 2.75) is 96.9 Å². The first kappa shape index (κ1) is 16.8. The Morgan fingerprint density at radius 1 is 1.00 bits per heavy atom. The van der Waals surface area contributed by atoms with Gasteiger partial charge >= 0.3 is 0 Å². The predicted octanol–water partition coefficient (Wildman–Crippen LogP) is 5.61. The SMILES string of the molecule is CCCCCCCCCCC(C)=CCCNC1CC1. The minimum Gasteiger partial charge on any atom is -0.314 e. The molecule has 1 aliphatic rings. The predicted molar refractivity (Wildman–Crippen MR) is 86.6 cm³/mol. The monoisotopic (exact) mass is 265 g/mol. The second-order valence-corrected chi connectivity index (χ2v) is 6.29. The third kappa shape index (κ3) is 11.2. The maximum Gasteiger partial charge on any atom is 0.00683 e. The van der Waals surface area contributed by atoms with Gasteiger partial charge in [0.15, 0.2) is 0 Å². The van der Waals surface area contributed by atoms with Crippen LogP contribution in [0, 0.1) is 0 Å². The molecular weight excluding hydrogens is 230 g/mol. The van der Waals surface area contributed by atoms with Gasteiger partial charge in [0, 0.05) is 6.04 Å². The van der Waals surface area contributed by atoms with Crippen molar-refractivity contribution in [3.05, 3.63) is 11.6 Å². The van der Waals surface area contributed by atoms with Crippen LogP contribution in [0.3, 0.4) is 0 Å². The summed E-state index contributed by atoms with van der Waals surface area (Å²) in [5, 5.41) is 3.57. The van der Waals surface area contributed by atoms with Crippen molar-refractivity contribution in [2.24, 2.45) is 0 Å². The van der Waals surface area contributed by atoms with E-state index < -0.39 is 0 Å². The maximum atomic E-state index is 3.57. The van der Waals surface area contributed by atoms with Crippen molar-refractivity contribution in [3.63, 3.8) is 0 Å². The molecule has 0 spiro atoms. The Balaban J connectivity index is 1.80. The molecule has 1 fully saturated rings. The fourth-order valence-electron chi connectivity index (χ4n) is 2.53. The van der Waals surface area contributed by atoms with E-state index in [1.165, 1.54) is 83.6 Å². The Kier molecular flexibility index (Phi) is 10.2. The van der Waals surface area contributed by atoms with Crippen LogP contribution in [-0.2, 0) is 0 Å². The molecule has 0 saturated heterocycles. The van der Waals surface area contributed by atoms with Gasteiger partial charge in [-0.25, -0.2) is 0 Å². The van der Waals surface area contributed by atoms with Crippen LogP contribution in [0.25, 0.3) is 0 Å². The molecule has 0 unspecified atom stereocenters. The van der Waals surface area contributed by atoms with E-state index in [-0.39, 0.29) is 0 Å². The molecule has 0 aromatic heterocycles. The van der Waals surface area contributed by atoms with Crippen LogP contribution in [0.2, 0.25) is 0 Å². The number of hydrogen-bond donors (Lipinski definition) is 1. The third-order valence-electron chi connectivity index (χ3n) is 4.07. The van der Waals surface area contributed by atoms with E-state index >= 15 is 0 Å². The fraction of sp³-hybridized carbons (Fsp3) is 0.889. The van der Waals surface area contributed by atoms with Crippen molar-refractivity contribution in [2.75, 3.05) is 6.54 Å². The first-order valence-corrected chi connectivity index (χ1v) is 8.72. The summed E-state index contributed by atoms with van der Waals surface area (Å²) in [5.74, 6) is 0. The highest BCUT2D eigenvalue weighted by Gasteiger charge is 2.19. The molecule has 19 heavy (non-hydrogen) atoms. The van der Waals surface area contributed by atoms with Gasteiger partial charge in [-0.05, 0) is 45.6 Å². The molecule has 1 nitrogen and oxygen atoms in total. The summed E-state index contributed by atoms with van der Waals surface area (Å²) in [4.78, 5) is 0. The normalized spacial score (nSPS) is 16.0. The second kappa shape index (κ2) is 11.5. The van der Waals surface area contributed by atoms with E-state index in [4.69, 9.17) is 0 Å². The van der Waals surface area contributed by atoms with Crippen LogP contribution in [0.15, 0.2) is 11.6 Å². The standard InChI is InChI=1S/C18H35N/c1-3-4-5-6-7-8-9-10-12-17(2)13-11-16-19-18-14-15-18/h13,18-19H,3-12,14-16H2,1-2H3. The number of rotatable bonds is 13. The Hall–Kier alpha value is -0.300. The van der Waals surface area contributed by atoms with Crippen molar-refractivity contribution in [3.8, 4) is 0 Å². The molecule has 1 heteroatoms. The van der Waals surface area contributed by atoms with Crippen molar-refractivity contribution >= 4 is 0 Å². The van der Waals surface area contributed by atoms with E-state index in [9.17, 15) is 0 Å². The van der Waals surface area contributed by atoms with Crippen LogP contribution in [0.5, 0.6) is 0 Å². The van der Waals surface area contributed by atoms with Gasteiger partial charge in [-0.2, -0.15) is 0 Å². The molecular formula is C18H35N. The summed E-state index contributed by atoms with van der Waals surface area (Å²) >= 11 is 0. The van der Waals surface area contributed by atoms with Crippen LogP contribution in [0.4, 0.5) is 0 Å². The van der Waals surface area contributed by atoms with E-state index in [0.29, 0.717) is 0 Å². The highest BCUT2D eigenvalue weighted by Crippen LogP contribution is 2.18. The molecule has 1 aliphatic carbocycles. The van der Waals surface area contributed by atoms with Gasteiger partial charge in [0.2, 0.25) is 0 Å². The summed E-state index contributed by atoms with van der Waals surface area (Å²) in [6, 6.07) is 0.862. The zero-order chi connectivity index (χ0) is 13.8. The molecule has 0 aromatic carbocycles. The van der Waals surface area contributed by atoms with Gasteiger partial charge in [-0.3, -0.25) is 0 Å². The third-order valence-corrected chi connectivity index (χ3v) is 4.07. The summed E-state index contributed by atoms with van der Waals surface area (Å²) in [6.45, 7) is 5.77. The summed E-state index contributed by atoms with van der Waals surface area (Å²) in [5.41, 5.74) is 1.60.